The molecule has 3 aromatic heterocycles. The average Bonchev–Trinajstić information content (AvgIpc) is 3.49. The predicted molar refractivity (Wildman–Crippen MR) is 123 cm³/mol. The molecule has 3 heterocycles. The van der Waals surface area contributed by atoms with Crippen molar-refractivity contribution in [1.82, 2.24) is 29.1 Å². The van der Waals surface area contributed by atoms with Crippen molar-refractivity contribution >= 4 is 17.1 Å². The second kappa shape index (κ2) is 8.97. The maximum Gasteiger partial charge on any atom is 0.225 e. The Morgan fingerprint density at radius 2 is 1.90 bits per heavy atom. The van der Waals surface area contributed by atoms with E-state index in [9.17, 15) is 0 Å². The van der Waals surface area contributed by atoms with Gasteiger partial charge in [0.25, 0.3) is 0 Å². The number of imidazole rings is 2. The van der Waals surface area contributed by atoms with Crippen molar-refractivity contribution in [3.8, 4) is 0 Å². The van der Waals surface area contributed by atoms with Crippen LogP contribution in [-0.4, -0.2) is 35.6 Å². The van der Waals surface area contributed by atoms with Gasteiger partial charge in [-0.2, -0.15) is 4.98 Å². The Morgan fingerprint density at radius 1 is 1.03 bits per heavy atom. The lowest BCUT2D eigenvalue weighted by Gasteiger charge is -2.21. The standard InChI is InChI=1S/C24H35N7/c1-17-8-9-20(12-17)31-16-27-22-21(13-18-6-4-3-5-7-18)28-24(29-23(22)31)25-11-10-19-14-30(2)15-26-19/h14-18,20H,3-13H2,1-2H3,(H,25,28,29)/t17-,20?/m1/s1. The number of aryl methyl sites for hydroxylation is 1. The van der Waals surface area contributed by atoms with Gasteiger partial charge in [0, 0.05) is 32.3 Å². The molecule has 0 radical (unpaired) electrons. The maximum atomic E-state index is 4.96. The van der Waals surface area contributed by atoms with Gasteiger partial charge in [0.15, 0.2) is 5.65 Å². The van der Waals surface area contributed by atoms with Crippen LogP contribution in [0.1, 0.15) is 75.7 Å². The second-order valence-electron chi connectivity index (χ2n) is 9.81. The van der Waals surface area contributed by atoms with E-state index < -0.39 is 0 Å². The normalized spacial score (nSPS) is 22.4. The van der Waals surface area contributed by atoms with E-state index in [-0.39, 0.29) is 0 Å². The Labute approximate surface area is 184 Å². The molecule has 1 unspecified atom stereocenters. The van der Waals surface area contributed by atoms with Gasteiger partial charge in [-0.05, 0) is 37.5 Å². The maximum absolute atomic E-state index is 4.96. The number of hydrogen-bond donors (Lipinski definition) is 1. The molecule has 0 bridgehead atoms. The van der Waals surface area contributed by atoms with E-state index in [1.54, 1.807) is 0 Å². The summed E-state index contributed by atoms with van der Waals surface area (Å²) in [6, 6.07) is 0.513. The Kier molecular flexibility index (Phi) is 5.92. The molecule has 2 aliphatic carbocycles. The first-order chi connectivity index (χ1) is 15.2. The zero-order valence-electron chi connectivity index (χ0n) is 18.9. The lowest BCUT2D eigenvalue weighted by atomic mass is 9.86. The first-order valence-electron chi connectivity index (χ1n) is 12.1. The summed E-state index contributed by atoms with van der Waals surface area (Å²) in [5.41, 5.74) is 4.24. The van der Waals surface area contributed by atoms with Crippen LogP contribution in [0, 0.1) is 11.8 Å². The third-order valence-electron chi connectivity index (χ3n) is 7.18. The molecule has 1 N–H and O–H groups in total. The van der Waals surface area contributed by atoms with Crippen molar-refractivity contribution in [2.24, 2.45) is 18.9 Å². The van der Waals surface area contributed by atoms with E-state index >= 15 is 0 Å². The van der Waals surface area contributed by atoms with Crippen molar-refractivity contribution < 1.29 is 0 Å². The topological polar surface area (TPSA) is 73.5 Å². The van der Waals surface area contributed by atoms with E-state index in [1.807, 2.05) is 24.3 Å². The van der Waals surface area contributed by atoms with Crippen molar-refractivity contribution in [1.29, 1.82) is 0 Å². The van der Waals surface area contributed by atoms with Crippen LogP contribution in [0.5, 0.6) is 0 Å². The number of rotatable bonds is 7. The Hall–Kier alpha value is -2.44. The van der Waals surface area contributed by atoms with Gasteiger partial charge in [-0.15, -0.1) is 0 Å². The predicted octanol–water partition coefficient (Wildman–Crippen LogP) is 4.70. The number of hydrogen-bond acceptors (Lipinski definition) is 5. The third kappa shape index (κ3) is 4.60. The molecule has 3 aromatic rings. The number of nitrogens with one attached hydrogen (secondary N) is 1. The molecule has 7 nitrogen and oxygen atoms in total. The third-order valence-corrected chi connectivity index (χ3v) is 7.18. The largest absolute Gasteiger partial charge is 0.354 e. The van der Waals surface area contributed by atoms with Crippen LogP contribution in [-0.2, 0) is 19.9 Å². The van der Waals surface area contributed by atoms with Crippen LogP contribution in [0.4, 0.5) is 5.95 Å². The fraction of sp³-hybridized carbons (Fsp3) is 0.667. The quantitative estimate of drug-likeness (QED) is 0.599. The minimum Gasteiger partial charge on any atom is -0.354 e. The van der Waals surface area contributed by atoms with Crippen LogP contribution in [0.15, 0.2) is 18.9 Å². The van der Waals surface area contributed by atoms with Gasteiger partial charge in [0.2, 0.25) is 5.95 Å². The fourth-order valence-corrected chi connectivity index (χ4v) is 5.46. The number of anilines is 1. The molecule has 0 aliphatic heterocycles. The van der Waals surface area contributed by atoms with Gasteiger partial charge >= 0.3 is 0 Å². The van der Waals surface area contributed by atoms with Crippen molar-refractivity contribution in [2.75, 3.05) is 11.9 Å². The van der Waals surface area contributed by atoms with Crippen LogP contribution in [0.25, 0.3) is 11.2 Å². The van der Waals surface area contributed by atoms with Gasteiger partial charge in [-0.25, -0.2) is 15.0 Å². The highest BCUT2D eigenvalue weighted by atomic mass is 15.2. The van der Waals surface area contributed by atoms with Crippen LogP contribution < -0.4 is 5.32 Å². The Balaban J connectivity index is 1.40. The summed E-state index contributed by atoms with van der Waals surface area (Å²) in [6.45, 7) is 3.13. The summed E-state index contributed by atoms with van der Waals surface area (Å²) in [4.78, 5) is 19.2. The SMILES string of the molecule is C[C@@H]1CCC(n2cnc3c(CC4CCCCC4)nc(NCCc4cn(C)cn4)nc32)C1. The molecule has 7 heteroatoms. The van der Waals surface area contributed by atoms with Crippen LogP contribution >= 0.6 is 0 Å². The molecular weight excluding hydrogens is 386 g/mol. The summed E-state index contributed by atoms with van der Waals surface area (Å²) in [5.74, 6) is 2.24. The van der Waals surface area contributed by atoms with E-state index in [0.717, 1.165) is 59.7 Å². The van der Waals surface area contributed by atoms with E-state index in [1.165, 1.54) is 51.4 Å². The number of fused-ring (bicyclic) bond motifs is 1. The smallest absolute Gasteiger partial charge is 0.225 e. The van der Waals surface area contributed by atoms with Crippen molar-refractivity contribution in [3.05, 3.63) is 30.2 Å². The van der Waals surface area contributed by atoms with Crippen molar-refractivity contribution in [3.63, 3.8) is 0 Å². The highest BCUT2D eigenvalue weighted by Crippen LogP contribution is 2.36. The Morgan fingerprint density at radius 3 is 2.65 bits per heavy atom. The van der Waals surface area contributed by atoms with Gasteiger partial charge in [-0.1, -0.05) is 39.0 Å². The van der Waals surface area contributed by atoms with Crippen LogP contribution in [0.2, 0.25) is 0 Å². The molecule has 0 aromatic carbocycles. The Bertz CT molecular complexity index is 1010. The second-order valence-corrected chi connectivity index (χ2v) is 9.81. The fourth-order valence-electron chi connectivity index (χ4n) is 5.46. The highest BCUT2D eigenvalue weighted by Gasteiger charge is 2.26. The van der Waals surface area contributed by atoms with E-state index in [4.69, 9.17) is 15.0 Å². The van der Waals surface area contributed by atoms with E-state index in [0.29, 0.717) is 6.04 Å². The van der Waals surface area contributed by atoms with Gasteiger partial charge in [0.05, 0.1) is 24.0 Å². The molecule has 5 rings (SSSR count). The van der Waals surface area contributed by atoms with Gasteiger partial charge in [-0.3, -0.25) is 0 Å². The summed E-state index contributed by atoms with van der Waals surface area (Å²) >= 11 is 0. The monoisotopic (exact) mass is 421 g/mol. The first kappa shape index (κ1) is 20.5. The minimum absolute atomic E-state index is 0.513. The minimum atomic E-state index is 0.513. The summed E-state index contributed by atoms with van der Waals surface area (Å²) < 4.78 is 4.32. The highest BCUT2D eigenvalue weighted by molar-refractivity contribution is 5.75. The molecule has 2 fully saturated rings. The zero-order valence-corrected chi connectivity index (χ0v) is 18.9. The molecule has 2 atom stereocenters. The molecule has 2 aliphatic rings. The molecular formula is C24H35N7. The molecule has 0 saturated heterocycles. The number of aromatic nitrogens is 6. The van der Waals surface area contributed by atoms with Crippen LogP contribution in [0.3, 0.4) is 0 Å². The molecule has 166 valence electrons. The lowest BCUT2D eigenvalue weighted by molar-refractivity contribution is 0.355. The molecule has 2 saturated carbocycles. The van der Waals surface area contributed by atoms with E-state index in [2.05, 4.69) is 28.0 Å². The number of nitrogens with zero attached hydrogens (tertiary/aromatic N) is 6. The van der Waals surface area contributed by atoms with Gasteiger partial charge < -0.3 is 14.5 Å². The summed E-state index contributed by atoms with van der Waals surface area (Å²) in [6.07, 6.45) is 18.2. The van der Waals surface area contributed by atoms with Gasteiger partial charge in [0.1, 0.15) is 5.52 Å². The first-order valence-corrected chi connectivity index (χ1v) is 12.1. The van der Waals surface area contributed by atoms with Crippen molar-refractivity contribution in [2.45, 2.75) is 77.2 Å². The zero-order chi connectivity index (χ0) is 21.2. The molecule has 0 spiro atoms. The molecule has 31 heavy (non-hydrogen) atoms. The summed E-state index contributed by atoms with van der Waals surface area (Å²) in [5, 5.41) is 3.48. The lowest BCUT2D eigenvalue weighted by Crippen LogP contribution is -2.14. The average molecular weight is 422 g/mol. The molecule has 0 amide bonds. The summed E-state index contributed by atoms with van der Waals surface area (Å²) in [7, 11) is 2.00.